The van der Waals surface area contributed by atoms with E-state index >= 15 is 0 Å². The lowest BCUT2D eigenvalue weighted by molar-refractivity contribution is 0.0696. The maximum atomic E-state index is 11.7. The van der Waals surface area contributed by atoms with Crippen molar-refractivity contribution >= 4 is 16.0 Å². The molecule has 1 rings (SSSR count). The van der Waals surface area contributed by atoms with Gasteiger partial charge in [0.15, 0.2) is 0 Å². The number of aromatic carboxylic acids is 1. The number of carbonyl (C=O) groups is 1. The fourth-order valence-corrected chi connectivity index (χ4v) is 2.25. The van der Waals surface area contributed by atoms with Gasteiger partial charge in [-0.15, -0.1) is 0 Å². The van der Waals surface area contributed by atoms with E-state index in [2.05, 4.69) is 4.72 Å². The maximum Gasteiger partial charge on any atom is 0.335 e. The van der Waals surface area contributed by atoms with E-state index in [9.17, 15) is 13.2 Å². The molecule has 1 aromatic rings. The van der Waals surface area contributed by atoms with E-state index in [1.54, 1.807) is 6.07 Å². The molecule has 0 aliphatic carbocycles. The minimum absolute atomic E-state index is 0.00252. The molecule has 7 heteroatoms. The zero-order valence-electron chi connectivity index (χ0n) is 8.91. The Hall–Kier alpha value is -1.91. The minimum Gasteiger partial charge on any atom is -0.478 e. The molecule has 0 spiro atoms. The van der Waals surface area contributed by atoms with Crippen molar-refractivity contribution in [1.82, 2.24) is 4.72 Å². The zero-order chi connectivity index (χ0) is 13.1. The van der Waals surface area contributed by atoms with Crippen molar-refractivity contribution in [3.63, 3.8) is 0 Å². The minimum atomic E-state index is -3.78. The van der Waals surface area contributed by atoms with Gasteiger partial charge in [0.2, 0.25) is 10.0 Å². The average molecular weight is 254 g/mol. The Kier molecular flexibility index (Phi) is 3.83. The van der Waals surface area contributed by atoms with Crippen molar-refractivity contribution in [2.75, 3.05) is 0 Å². The van der Waals surface area contributed by atoms with E-state index < -0.39 is 22.0 Å². The Balaban J connectivity index is 3.01. The van der Waals surface area contributed by atoms with Crippen LogP contribution in [0.15, 0.2) is 29.2 Å². The van der Waals surface area contributed by atoms with Crippen LogP contribution in [0.3, 0.4) is 0 Å². The third kappa shape index (κ3) is 3.27. The molecule has 0 amide bonds. The molecule has 0 saturated carbocycles. The van der Waals surface area contributed by atoms with Gasteiger partial charge in [-0.25, -0.2) is 13.2 Å². The number of nitrogens with zero attached hydrogens (tertiary/aromatic N) is 1. The van der Waals surface area contributed by atoms with E-state index in [0.717, 1.165) is 0 Å². The van der Waals surface area contributed by atoms with Gasteiger partial charge in [-0.1, -0.05) is 0 Å². The average Bonchev–Trinajstić information content (AvgIpc) is 2.28. The number of sulfonamides is 1. The van der Waals surface area contributed by atoms with Gasteiger partial charge in [-0.3, -0.25) is 0 Å². The van der Waals surface area contributed by atoms with Crippen LogP contribution in [0.25, 0.3) is 0 Å². The highest BCUT2D eigenvalue weighted by Gasteiger charge is 2.17. The quantitative estimate of drug-likeness (QED) is 0.817. The second kappa shape index (κ2) is 4.95. The highest BCUT2D eigenvalue weighted by molar-refractivity contribution is 7.89. The van der Waals surface area contributed by atoms with E-state index in [-0.39, 0.29) is 10.5 Å². The van der Waals surface area contributed by atoms with Gasteiger partial charge in [0.25, 0.3) is 0 Å². The SMILES string of the molecule is CC(C#N)NS(=O)(=O)c1ccc(C(=O)O)cc1. The van der Waals surface area contributed by atoms with Crippen LogP contribution in [0.4, 0.5) is 0 Å². The van der Waals surface area contributed by atoms with Crippen molar-refractivity contribution < 1.29 is 18.3 Å². The summed E-state index contributed by atoms with van der Waals surface area (Å²) in [6.45, 7) is 1.41. The second-order valence-corrected chi connectivity index (χ2v) is 5.02. The first kappa shape index (κ1) is 13.2. The third-order valence-electron chi connectivity index (χ3n) is 1.94. The van der Waals surface area contributed by atoms with Gasteiger partial charge in [0.1, 0.15) is 6.04 Å². The Morgan fingerprint density at radius 2 is 1.94 bits per heavy atom. The first-order valence-electron chi connectivity index (χ1n) is 4.62. The van der Waals surface area contributed by atoms with Crippen molar-refractivity contribution in [3.8, 4) is 6.07 Å². The number of carboxylic acids is 1. The fourth-order valence-electron chi connectivity index (χ4n) is 1.10. The van der Waals surface area contributed by atoms with Gasteiger partial charge in [-0.2, -0.15) is 9.98 Å². The number of carboxylic acid groups (broad SMARTS) is 1. The highest BCUT2D eigenvalue weighted by atomic mass is 32.2. The molecular formula is C10H10N2O4S. The lowest BCUT2D eigenvalue weighted by Crippen LogP contribution is -2.31. The molecule has 6 nitrogen and oxygen atoms in total. The topological polar surface area (TPSA) is 107 Å². The summed E-state index contributed by atoms with van der Waals surface area (Å²) in [7, 11) is -3.78. The molecule has 0 aromatic heterocycles. The molecule has 90 valence electrons. The summed E-state index contributed by atoms with van der Waals surface area (Å²) in [6, 6.07) is 5.62. The van der Waals surface area contributed by atoms with Crippen LogP contribution in [0, 0.1) is 11.3 Å². The summed E-state index contributed by atoms with van der Waals surface area (Å²) < 4.78 is 25.5. The molecule has 0 heterocycles. The van der Waals surface area contributed by atoms with Gasteiger partial charge in [0, 0.05) is 0 Å². The van der Waals surface area contributed by atoms with Crippen molar-refractivity contribution in [1.29, 1.82) is 5.26 Å². The number of benzene rings is 1. The molecular weight excluding hydrogens is 244 g/mol. The van der Waals surface area contributed by atoms with Crippen LogP contribution in [0.1, 0.15) is 17.3 Å². The molecule has 0 radical (unpaired) electrons. The Morgan fingerprint density at radius 3 is 2.35 bits per heavy atom. The van der Waals surface area contributed by atoms with E-state index in [0.29, 0.717) is 0 Å². The maximum absolute atomic E-state index is 11.7. The van der Waals surface area contributed by atoms with Crippen LogP contribution < -0.4 is 4.72 Å². The van der Waals surface area contributed by atoms with Crippen LogP contribution in [0.2, 0.25) is 0 Å². The lowest BCUT2D eigenvalue weighted by Gasteiger charge is -2.07. The summed E-state index contributed by atoms with van der Waals surface area (Å²) >= 11 is 0. The monoisotopic (exact) mass is 254 g/mol. The van der Waals surface area contributed by atoms with Crippen LogP contribution in [-0.4, -0.2) is 25.5 Å². The lowest BCUT2D eigenvalue weighted by atomic mass is 10.2. The molecule has 2 N–H and O–H groups in total. The first-order valence-corrected chi connectivity index (χ1v) is 6.10. The summed E-state index contributed by atoms with van der Waals surface area (Å²) in [5, 5.41) is 17.2. The standard InChI is InChI=1S/C10H10N2O4S/c1-7(6-11)12-17(15,16)9-4-2-8(3-5-9)10(13)14/h2-5,7,12H,1H3,(H,13,14). The second-order valence-electron chi connectivity index (χ2n) is 3.30. The van der Waals surface area contributed by atoms with Gasteiger partial charge >= 0.3 is 5.97 Å². The van der Waals surface area contributed by atoms with Crippen LogP contribution in [0.5, 0.6) is 0 Å². The van der Waals surface area contributed by atoms with E-state index in [4.69, 9.17) is 10.4 Å². The van der Waals surface area contributed by atoms with Gasteiger partial charge in [-0.05, 0) is 31.2 Å². The van der Waals surface area contributed by atoms with Gasteiger partial charge in [0.05, 0.1) is 16.5 Å². The number of nitrogens with one attached hydrogen (secondary N) is 1. The van der Waals surface area contributed by atoms with Crippen molar-refractivity contribution in [3.05, 3.63) is 29.8 Å². The molecule has 0 bridgehead atoms. The normalized spacial score (nSPS) is 12.7. The van der Waals surface area contributed by atoms with Crippen molar-refractivity contribution in [2.24, 2.45) is 0 Å². The predicted molar refractivity (Wildman–Crippen MR) is 58.8 cm³/mol. The summed E-state index contributed by atoms with van der Waals surface area (Å²) in [4.78, 5) is 10.5. The summed E-state index contributed by atoms with van der Waals surface area (Å²) in [5.74, 6) is -1.13. The molecule has 0 fully saturated rings. The van der Waals surface area contributed by atoms with Crippen molar-refractivity contribution in [2.45, 2.75) is 17.9 Å². The molecule has 1 atom stereocenters. The first-order chi connectivity index (χ1) is 7.86. The summed E-state index contributed by atoms with van der Waals surface area (Å²) in [6.07, 6.45) is 0. The molecule has 0 aliphatic heterocycles. The number of nitriles is 1. The number of hydrogen-bond donors (Lipinski definition) is 2. The highest BCUT2D eigenvalue weighted by Crippen LogP contribution is 2.11. The Morgan fingerprint density at radius 1 is 1.41 bits per heavy atom. The van der Waals surface area contributed by atoms with E-state index in [1.165, 1.54) is 31.2 Å². The van der Waals surface area contributed by atoms with Gasteiger partial charge < -0.3 is 5.11 Å². The molecule has 17 heavy (non-hydrogen) atoms. The number of rotatable bonds is 4. The molecule has 0 saturated heterocycles. The smallest absolute Gasteiger partial charge is 0.335 e. The number of hydrogen-bond acceptors (Lipinski definition) is 4. The van der Waals surface area contributed by atoms with Crippen LogP contribution >= 0.6 is 0 Å². The fraction of sp³-hybridized carbons (Fsp3) is 0.200. The largest absolute Gasteiger partial charge is 0.478 e. The Bertz CT molecular complexity index is 557. The summed E-state index contributed by atoms with van der Waals surface area (Å²) in [5.41, 5.74) is -0.00252. The zero-order valence-corrected chi connectivity index (χ0v) is 9.73. The predicted octanol–water partition coefficient (Wildman–Crippen LogP) is 0.575. The molecule has 1 unspecified atom stereocenters. The molecule has 0 aliphatic rings. The molecule has 1 aromatic carbocycles. The third-order valence-corrected chi connectivity index (χ3v) is 3.49. The van der Waals surface area contributed by atoms with E-state index in [1.807, 2.05) is 0 Å². The van der Waals surface area contributed by atoms with Crippen LogP contribution in [-0.2, 0) is 10.0 Å². The Labute approximate surface area is 98.6 Å².